The molecule has 6 heteroatoms. The van der Waals surface area contributed by atoms with E-state index in [1.807, 2.05) is 29.9 Å². The molecule has 4 rings (SSSR count). The Morgan fingerprint density at radius 2 is 1.85 bits per heavy atom. The fourth-order valence-electron chi connectivity index (χ4n) is 3.68. The van der Waals surface area contributed by atoms with Gasteiger partial charge in [0.25, 0.3) is 5.91 Å². The van der Waals surface area contributed by atoms with Crippen molar-refractivity contribution in [2.24, 2.45) is 7.05 Å². The highest BCUT2D eigenvalue weighted by Crippen LogP contribution is 2.29. The molecule has 1 aliphatic heterocycles. The summed E-state index contributed by atoms with van der Waals surface area (Å²) < 4.78 is 16.1. The fourth-order valence-corrected chi connectivity index (χ4v) is 3.84. The summed E-state index contributed by atoms with van der Waals surface area (Å²) in [6.45, 7) is 1.04. The third-order valence-corrected chi connectivity index (χ3v) is 5.21. The molecule has 3 aromatic rings. The van der Waals surface area contributed by atoms with Crippen molar-refractivity contribution in [3.63, 3.8) is 0 Å². The molecule has 0 aliphatic carbocycles. The van der Waals surface area contributed by atoms with Crippen molar-refractivity contribution >= 4 is 17.5 Å². The number of aromatic nitrogens is 2. The van der Waals surface area contributed by atoms with Crippen LogP contribution in [0.4, 0.5) is 4.39 Å². The van der Waals surface area contributed by atoms with Crippen LogP contribution < -0.4 is 0 Å². The number of rotatable bonds is 2. The largest absolute Gasteiger partial charge is 0.338 e. The molecule has 0 radical (unpaired) electrons. The molecule has 0 fully saturated rings. The van der Waals surface area contributed by atoms with Crippen molar-refractivity contribution in [3.8, 4) is 11.3 Å². The summed E-state index contributed by atoms with van der Waals surface area (Å²) in [5.41, 5.74) is 4.41. The van der Waals surface area contributed by atoms with E-state index in [1.54, 1.807) is 11.0 Å². The minimum absolute atomic E-state index is 0.0581. The second-order valence-electron chi connectivity index (χ2n) is 6.68. The van der Waals surface area contributed by atoms with E-state index in [4.69, 9.17) is 11.6 Å². The molecule has 27 heavy (non-hydrogen) atoms. The van der Waals surface area contributed by atoms with Crippen LogP contribution in [0, 0.1) is 5.82 Å². The predicted molar refractivity (Wildman–Crippen MR) is 103 cm³/mol. The van der Waals surface area contributed by atoms with Gasteiger partial charge in [-0.2, -0.15) is 5.10 Å². The minimum atomic E-state index is -0.585. The smallest absolute Gasteiger partial charge is 0.256 e. The zero-order chi connectivity index (χ0) is 19.0. The highest BCUT2D eigenvalue weighted by Gasteiger charge is 2.26. The lowest BCUT2D eigenvalue weighted by molar-refractivity contribution is 0.0758. The van der Waals surface area contributed by atoms with Crippen LogP contribution in [-0.2, 0) is 19.9 Å². The Hall–Kier alpha value is -2.66. The maximum absolute atomic E-state index is 14.2. The molecule has 2 aromatic carbocycles. The summed E-state index contributed by atoms with van der Waals surface area (Å²) in [5, 5.41) is 4.95. The Balaban J connectivity index is 1.61. The molecule has 0 atom stereocenters. The monoisotopic (exact) mass is 383 g/mol. The fraction of sp³-hybridized carbons (Fsp3) is 0.238. The number of carbonyl (C=O) groups is 1. The van der Waals surface area contributed by atoms with Crippen LogP contribution in [-0.4, -0.2) is 33.7 Å². The van der Waals surface area contributed by atoms with Gasteiger partial charge in [0.2, 0.25) is 0 Å². The average Bonchev–Trinajstić information content (AvgIpc) is 2.83. The maximum Gasteiger partial charge on any atom is 0.256 e. The van der Waals surface area contributed by atoms with Gasteiger partial charge >= 0.3 is 0 Å². The molecule has 4 nitrogen and oxygen atoms in total. The summed E-state index contributed by atoms with van der Waals surface area (Å²) in [7, 11) is 1.95. The van der Waals surface area contributed by atoms with Crippen molar-refractivity contribution in [3.05, 3.63) is 76.2 Å². The molecule has 0 bridgehead atoms. The first-order valence-corrected chi connectivity index (χ1v) is 9.27. The van der Waals surface area contributed by atoms with E-state index in [0.29, 0.717) is 25.9 Å². The lowest BCUT2D eigenvalue weighted by Gasteiger charge is -2.21. The lowest BCUT2D eigenvalue weighted by Crippen LogP contribution is -2.34. The molecule has 1 aromatic heterocycles. The summed E-state index contributed by atoms with van der Waals surface area (Å²) in [4.78, 5) is 14.5. The van der Waals surface area contributed by atoms with E-state index in [-0.39, 0.29) is 16.5 Å². The molecule has 1 aliphatic rings. The number of hydrogen-bond donors (Lipinski definition) is 0. The number of hydrogen-bond acceptors (Lipinski definition) is 2. The van der Waals surface area contributed by atoms with Gasteiger partial charge in [-0.3, -0.25) is 9.48 Å². The van der Waals surface area contributed by atoms with Crippen molar-refractivity contribution < 1.29 is 9.18 Å². The number of carbonyl (C=O) groups excluding carboxylic acids is 1. The Labute approximate surface area is 162 Å². The molecule has 1 amide bonds. The predicted octanol–water partition coefficient (Wildman–Crippen LogP) is 4.12. The second kappa shape index (κ2) is 7.16. The van der Waals surface area contributed by atoms with E-state index in [0.717, 1.165) is 22.5 Å². The van der Waals surface area contributed by atoms with Crippen LogP contribution in [0.15, 0.2) is 48.5 Å². The van der Waals surface area contributed by atoms with Crippen LogP contribution in [0.25, 0.3) is 11.3 Å². The van der Waals surface area contributed by atoms with Crippen LogP contribution in [0.3, 0.4) is 0 Å². The number of nitrogens with zero attached hydrogens (tertiary/aromatic N) is 3. The number of fused-ring (bicyclic) bond motifs is 1. The topological polar surface area (TPSA) is 38.1 Å². The van der Waals surface area contributed by atoms with Gasteiger partial charge in [0.15, 0.2) is 0 Å². The molecule has 0 unspecified atom stereocenters. The van der Waals surface area contributed by atoms with E-state index in [2.05, 4.69) is 17.2 Å². The first-order chi connectivity index (χ1) is 13.0. The SMILES string of the molecule is Cn1nc2c(c1-c1ccccc1)CCN(C(=O)c1ccc(Cl)cc1F)CC2. The minimum Gasteiger partial charge on any atom is -0.338 e. The van der Waals surface area contributed by atoms with Crippen LogP contribution in [0.2, 0.25) is 5.02 Å². The van der Waals surface area contributed by atoms with Crippen molar-refractivity contribution in [1.29, 1.82) is 0 Å². The summed E-state index contributed by atoms with van der Waals surface area (Å²) in [6, 6.07) is 14.3. The number of aryl methyl sites for hydroxylation is 1. The van der Waals surface area contributed by atoms with Gasteiger partial charge in [-0.15, -0.1) is 0 Å². The summed E-state index contributed by atoms with van der Waals surface area (Å²) >= 11 is 5.79. The van der Waals surface area contributed by atoms with Gasteiger partial charge in [-0.1, -0.05) is 41.9 Å². The summed E-state index contributed by atoms with van der Waals surface area (Å²) in [5.74, 6) is -0.891. The third-order valence-electron chi connectivity index (χ3n) is 4.97. The van der Waals surface area contributed by atoms with Crippen molar-refractivity contribution in [1.82, 2.24) is 14.7 Å². The normalized spacial score (nSPS) is 14.0. The highest BCUT2D eigenvalue weighted by molar-refractivity contribution is 6.30. The Morgan fingerprint density at radius 3 is 2.59 bits per heavy atom. The standard InChI is InChI=1S/C21H19ClFN3O/c1-25-20(14-5-3-2-4-6-14)17-9-11-26(12-10-19(17)24-25)21(27)16-8-7-15(22)13-18(16)23/h2-8,13H,9-12H2,1H3. The Kier molecular flexibility index (Phi) is 4.70. The van der Waals surface area contributed by atoms with Gasteiger partial charge in [-0.05, 0) is 24.6 Å². The molecular formula is C21H19ClFN3O. The van der Waals surface area contributed by atoms with Crippen molar-refractivity contribution in [2.75, 3.05) is 13.1 Å². The van der Waals surface area contributed by atoms with E-state index in [9.17, 15) is 9.18 Å². The van der Waals surface area contributed by atoms with Crippen molar-refractivity contribution in [2.45, 2.75) is 12.8 Å². The van der Waals surface area contributed by atoms with E-state index in [1.165, 1.54) is 12.1 Å². The molecule has 2 heterocycles. The molecule has 0 N–H and O–H groups in total. The quantitative estimate of drug-likeness (QED) is 0.667. The van der Waals surface area contributed by atoms with E-state index >= 15 is 0 Å². The molecule has 0 saturated heterocycles. The lowest BCUT2D eigenvalue weighted by atomic mass is 10.0. The number of benzene rings is 2. The second-order valence-corrected chi connectivity index (χ2v) is 7.12. The molecular weight excluding hydrogens is 365 g/mol. The van der Waals surface area contributed by atoms with Gasteiger partial charge in [0, 0.05) is 42.7 Å². The molecule has 0 saturated carbocycles. The summed E-state index contributed by atoms with van der Waals surface area (Å²) in [6.07, 6.45) is 1.34. The van der Waals surface area contributed by atoms with E-state index < -0.39 is 5.82 Å². The zero-order valence-corrected chi connectivity index (χ0v) is 15.7. The van der Waals surface area contributed by atoms with Crippen LogP contribution in [0.1, 0.15) is 21.6 Å². The number of amides is 1. The Morgan fingerprint density at radius 1 is 1.11 bits per heavy atom. The average molecular weight is 384 g/mol. The first-order valence-electron chi connectivity index (χ1n) is 8.89. The first kappa shape index (κ1) is 17.7. The third kappa shape index (κ3) is 3.35. The van der Waals surface area contributed by atoms with Gasteiger partial charge < -0.3 is 4.90 Å². The van der Waals surface area contributed by atoms with Gasteiger partial charge in [0.05, 0.1) is 17.0 Å². The molecule has 138 valence electrons. The Bertz CT molecular complexity index is 1000. The molecule has 0 spiro atoms. The number of halogens is 2. The van der Waals surface area contributed by atoms with Crippen LogP contribution >= 0.6 is 11.6 Å². The van der Waals surface area contributed by atoms with Crippen LogP contribution in [0.5, 0.6) is 0 Å². The van der Waals surface area contributed by atoms with Gasteiger partial charge in [-0.25, -0.2) is 4.39 Å². The maximum atomic E-state index is 14.2. The zero-order valence-electron chi connectivity index (χ0n) is 15.0. The van der Waals surface area contributed by atoms with Gasteiger partial charge in [0.1, 0.15) is 5.82 Å². The highest BCUT2D eigenvalue weighted by atomic mass is 35.5.